The van der Waals surface area contributed by atoms with E-state index in [1.165, 1.54) is 17.7 Å². The van der Waals surface area contributed by atoms with E-state index in [0.717, 1.165) is 11.4 Å². The van der Waals surface area contributed by atoms with Crippen LogP contribution in [0.25, 0.3) is 0 Å². The lowest BCUT2D eigenvalue weighted by Crippen LogP contribution is -2.44. The number of anilines is 1. The molecule has 0 aliphatic carbocycles. The highest BCUT2D eigenvalue weighted by atomic mass is 35.5. The fourth-order valence-corrected chi connectivity index (χ4v) is 2.21. The van der Waals surface area contributed by atoms with Gasteiger partial charge in [0.15, 0.2) is 0 Å². The molecule has 0 bridgehead atoms. The molecule has 1 heterocycles. The summed E-state index contributed by atoms with van der Waals surface area (Å²) in [6.07, 6.45) is 2.32. The summed E-state index contributed by atoms with van der Waals surface area (Å²) in [7, 11) is 2.16. The maximum atomic E-state index is 5.98. The van der Waals surface area contributed by atoms with Crippen molar-refractivity contribution in [2.24, 2.45) is 0 Å². The van der Waals surface area contributed by atoms with E-state index in [-0.39, 0.29) is 5.54 Å². The van der Waals surface area contributed by atoms with Gasteiger partial charge in [0, 0.05) is 23.3 Å². The first-order valence-electron chi connectivity index (χ1n) is 5.03. The van der Waals surface area contributed by atoms with Crippen LogP contribution in [0.2, 0.25) is 5.02 Å². The van der Waals surface area contributed by atoms with Crippen LogP contribution in [-0.4, -0.2) is 12.6 Å². The van der Waals surface area contributed by atoms with Crippen LogP contribution in [0.4, 0.5) is 5.69 Å². The molecule has 0 radical (unpaired) electrons. The van der Waals surface area contributed by atoms with Crippen LogP contribution in [-0.2, 0) is 6.42 Å². The molecule has 0 saturated heterocycles. The summed E-state index contributed by atoms with van der Waals surface area (Å²) in [5, 5.41) is 0.844. The number of rotatable bonds is 0. The van der Waals surface area contributed by atoms with Gasteiger partial charge in [0.25, 0.3) is 0 Å². The third-order valence-corrected chi connectivity index (χ3v) is 3.55. The number of aryl methyl sites for hydroxylation is 1. The van der Waals surface area contributed by atoms with E-state index in [2.05, 4.69) is 37.9 Å². The van der Waals surface area contributed by atoms with E-state index in [1.807, 2.05) is 6.07 Å². The van der Waals surface area contributed by atoms with Gasteiger partial charge in [0.1, 0.15) is 0 Å². The van der Waals surface area contributed by atoms with Crippen molar-refractivity contribution in [3.8, 4) is 0 Å². The summed E-state index contributed by atoms with van der Waals surface area (Å²) < 4.78 is 0. The van der Waals surface area contributed by atoms with Crippen molar-refractivity contribution in [1.82, 2.24) is 0 Å². The fraction of sp³-hybridized carbons (Fsp3) is 0.500. The van der Waals surface area contributed by atoms with Crippen LogP contribution in [0.1, 0.15) is 25.8 Å². The van der Waals surface area contributed by atoms with Gasteiger partial charge >= 0.3 is 0 Å². The number of hydrogen-bond acceptors (Lipinski definition) is 1. The van der Waals surface area contributed by atoms with Gasteiger partial charge in [0.05, 0.1) is 0 Å². The molecule has 1 aromatic rings. The molecule has 0 unspecified atom stereocenters. The van der Waals surface area contributed by atoms with Crippen LogP contribution >= 0.6 is 11.6 Å². The summed E-state index contributed by atoms with van der Waals surface area (Å²) in [4.78, 5) is 2.35. The van der Waals surface area contributed by atoms with E-state index >= 15 is 0 Å². The molecule has 0 N–H and O–H groups in total. The average Bonchev–Trinajstić information content (AvgIpc) is 2.12. The first kappa shape index (κ1) is 9.85. The van der Waals surface area contributed by atoms with Crippen LogP contribution in [0.5, 0.6) is 0 Å². The van der Waals surface area contributed by atoms with Crippen LogP contribution in [0, 0.1) is 0 Å². The zero-order chi connectivity index (χ0) is 10.3. The Bertz CT molecular complexity index is 357. The second kappa shape index (κ2) is 3.16. The highest BCUT2D eigenvalue weighted by Gasteiger charge is 2.29. The summed E-state index contributed by atoms with van der Waals surface area (Å²) in [6, 6.07) is 6.18. The molecule has 0 fully saturated rings. The van der Waals surface area contributed by atoms with Crippen LogP contribution < -0.4 is 4.90 Å². The predicted molar refractivity (Wildman–Crippen MR) is 62.3 cm³/mol. The highest BCUT2D eigenvalue weighted by molar-refractivity contribution is 6.30. The minimum Gasteiger partial charge on any atom is -0.369 e. The highest BCUT2D eigenvalue weighted by Crippen LogP contribution is 2.36. The van der Waals surface area contributed by atoms with E-state index in [9.17, 15) is 0 Å². The Morgan fingerprint density at radius 1 is 1.36 bits per heavy atom. The average molecular weight is 210 g/mol. The lowest BCUT2D eigenvalue weighted by atomic mass is 9.87. The topological polar surface area (TPSA) is 3.24 Å². The van der Waals surface area contributed by atoms with Crippen molar-refractivity contribution in [3.63, 3.8) is 0 Å². The molecule has 0 saturated carbocycles. The molecule has 1 aliphatic rings. The van der Waals surface area contributed by atoms with Gasteiger partial charge < -0.3 is 4.90 Å². The molecule has 14 heavy (non-hydrogen) atoms. The SMILES string of the molecule is CN1c2ccc(Cl)cc2CCC1(C)C. The Balaban J connectivity index is 2.46. The van der Waals surface area contributed by atoms with Crippen molar-refractivity contribution < 1.29 is 0 Å². The molecular weight excluding hydrogens is 194 g/mol. The minimum atomic E-state index is 0.265. The largest absolute Gasteiger partial charge is 0.369 e. The summed E-state index contributed by atoms with van der Waals surface area (Å²) in [6.45, 7) is 4.56. The van der Waals surface area contributed by atoms with E-state index in [1.54, 1.807) is 0 Å². The van der Waals surface area contributed by atoms with Gasteiger partial charge in [-0.1, -0.05) is 11.6 Å². The smallest absolute Gasteiger partial charge is 0.0410 e. The molecule has 1 nitrogen and oxygen atoms in total. The lowest BCUT2D eigenvalue weighted by molar-refractivity contribution is 0.432. The van der Waals surface area contributed by atoms with E-state index in [4.69, 9.17) is 11.6 Å². The molecule has 1 aliphatic heterocycles. The number of fused-ring (bicyclic) bond motifs is 1. The second-order valence-corrected chi connectivity index (χ2v) is 5.08. The third kappa shape index (κ3) is 1.50. The van der Waals surface area contributed by atoms with E-state index in [0.29, 0.717) is 0 Å². The number of nitrogens with zero attached hydrogens (tertiary/aromatic N) is 1. The summed E-state index contributed by atoms with van der Waals surface area (Å²) in [5.74, 6) is 0. The van der Waals surface area contributed by atoms with Gasteiger partial charge in [-0.3, -0.25) is 0 Å². The van der Waals surface area contributed by atoms with Crippen molar-refractivity contribution >= 4 is 17.3 Å². The molecule has 0 spiro atoms. The summed E-state index contributed by atoms with van der Waals surface area (Å²) >= 11 is 5.98. The Labute approximate surface area is 90.7 Å². The quantitative estimate of drug-likeness (QED) is 0.632. The minimum absolute atomic E-state index is 0.265. The maximum absolute atomic E-state index is 5.98. The van der Waals surface area contributed by atoms with Crippen molar-refractivity contribution in [2.75, 3.05) is 11.9 Å². The first-order chi connectivity index (χ1) is 6.50. The zero-order valence-corrected chi connectivity index (χ0v) is 9.73. The number of benzene rings is 1. The number of hydrogen-bond donors (Lipinski definition) is 0. The third-order valence-electron chi connectivity index (χ3n) is 3.32. The van der Waals surface area contributed by atoms with Crippen molar-refractivity contribution in [2.45, 2.75) is 32.2 Å². The maximum Gasteiger partial charge on any atom is 0.0410 e. The lowest BCUT2D eigenvalue weighted by Gasteiger charge is -2.42. The van der Waals surface area contributed by atoms with Gasteiger partial charge in [-0.2, -0.15) is 0 Å². The molecule has 76 valence electrons. The molecule has 2 heteroatoms. The predicted octanol–water partition coefficient (Wildman–Crippen LogP) is 3.50. The van der Waals surface area contributed by atoms with Crippen molar-refractivity contribution in [3.05, 3.63) is 28.8 Å². The van der Waals surface area contributed by atoms with Crippen molar-refractivity contribution in [1.29, 1.82) is 0 Å². The normalized spacial score (nSPS) is 19.3. The van der Waals surface area contributed by atoms with Gasteiger partial charge in [-0.15, -0.1) is 0 Å². The molecule has 1 aromatic carbocycles. The first-order valence-corrected chi connectivity index (χ1v) is 5.41. The second-order valence-electron chi connectivity index (χ2n) is 4.64. The molecule has 0 aromatic heterocycles. The zero-order valence-electron chi connectivity index (χ0n) is 8.97. The van der Waals surface area contributed by atoms with Gasteiger partial charge in [-0.05, 0) is 50.5 Å². The van der Waals surface area contributed by atoms with Gasteiger partial charge in [-0.25, -0.2) is 0 Å². The van der Waals surface area contributed by atoms with E-state index < -0.39 is 0 Å². The molecule has 0 amide bonds. The Hall–Kier alpha value is -0.690. The Morgan fingerprint density at radius 3 is 2.79 bits per heavy atom. The molecule has 2 rings (SSSR count). The Morgan fingerprint density at radius 2 is 2.07 bits per heavy atom. The van der Waals surface area contributed by atoms with Crippen LogP contribution in [0.3, 0.4) is 0 Å². The molecule has 0 atom stereocenters. The monoisotopic (exact) mass is 209 g/mol. The molecular formula is C12H16ClN. The fourth-order valence-electron chi connectivity index (χ4n) is 2.02. The Kier molecular flexibility index (Phi) is 2.23. The standard InChI is InChI=1S/C12H16ClN/c1-12(2)7-6-9-8-10(13)4-5-11(9)14(12)3/h4-5,8H,6-7H2,1-3H3. The number of halogens is 1. The van der Waals surface area contributed by atoms with Crippen LogP contribution in [0.15, 0.2) is 18.2 Å². The van der Waals surface area contributed by atoms with Gasteiger partial charge in [0.2, 0.25) is 0 Å². The summed E-state index contributed by atoms with van der Waals surface area (Å²) in [5.41, 5.74) is 2.96.